The number of methoxy groups -OCH3 is 1. The number of benzene rings is 1. The number of piperidine rings is 1. The number of pyridine rings is 1. The van der Waals surface area contributed by atoms with E-state index in [2.05, 4.69) is 26.5 Å². The predicted molar refractivity (Wildman–Crippen MR) is 109 cm³/mol. The van der Waals surface area contributed by atoms with Crippen molar-refractivity contribution in [3.8, 4) is 5.75 Å². The Bertz CT molecular complexity index is 791. The van der Waals surface area contributed by atoms with Crippen molar-refractivity contribution in [2.75, 3.05) is 20.2 Å². The van der Waals surface area contributed by atoms with Gasteiger partial charge in [0.15, 0.2) is 0 Å². The Kier molecular flexibility index (Phi) is 6.85. The van der Waals surface area contributed by atoms with E-state index in [1.54, 1.807) is 13.3 Å². The molecule has 8 heteroatoms. The Morgan fingerprint density at radius 3 is 2.82 bits per heavy atom. The molecule has 4 rings (SSSR count). The van der Waals surface area contributed by atoms with Crippen molar-refractivity contribution in [2.24, 2.45) is 5.92 Å². The average Bonchev–Trinajstić information content (AvgIpc) is 3.17. The van der Waals surface area contributed by atoms with Gasteiger partial charge in [-0.1, -0.05) is 24.3 Å². The molecule has 7 nitrogen and oxygen atoms in total. The molecule has 2 aromatic rings. The lowest BCUT2D eigenvalue weighted by Crippen LogP contribution is -2.50. The molecule has 1 aromatic heterocycles. The summed E-state index contributed by atoms with van der Waals surface area (Å²) in [6.07, 6.45) is 2.75. The van der Waals surface area contributed by atoms with E-state index in [0.29, 0.717) is 6.04 Å². The molecule has 1 aromatic carbocycles. The smallest absolute Gasteiger partial charge is 0.239 e. The van der Waals surface area contributed by atoms with Gasteiger partial charge in [-0.05, 0) is 31.2 Å². The Hall–Kier alpha value is -2.19. The molecular weight excluding hydrogens is 378 g/mol. The lowest BCUT2D eigenvalue weighted by molar-refractivity contribution is -0.124. The van der Waals surface area contributed by atoms with Gasteiger partial charge in [-0.3, -0.25) is 15.2 Å². The minimum Gasteiger partial charge on any atom is -0.496 e. The monoisotopic (exact) mass is 403 g/mol. The van der Waals surface area contributed by atoms with Crippen LogP contribution in [0, 0.1) is 5.92 Å². The number of aromatic nitrogens is 1. The van der Waals surface area contributed by atoms with Crippen LogP contribution in [0.2, 0.25) is 0 Å². The molecule has 2 aliphatic rings. The number of nitrogens with zero attached hydrogens (tertiary/aromatic N) is 1. The minimum absolute atomic E-state index is 0. The van der Waals surface area contributed by atoms with E-state index in [0.717, 1.165) is 36.5 Å². The van der Waals surface area contributed by atoms with Gasteiger partial charge in [-0.25, -0.2) is 5.43 Å². The van der Waals surface area contributed by atoms with Crippen molar-refractivity contribution in [3.05, 3.63) is 59.9 Å². The number of hydrogen-bond acceptors (Lipinski definition) is 6. The van der Waals surface area contributed by atoms with E-state index in [1.807, 2.05) is 42.5 Å². The maximum Gasteiger partial charge on any atom is 0.239 e. The topological polar surface area (TPSA) is 87.3 Å². The van der Waals surface area contributed by atoms with Gasteiger partial charge >= 0.3 is 0 Å². The van der Waals surface area contributed by atoms with Crippen molar-refractivity contribution in [1.82, 2.24) is 26.5 Å². The first-order chi connectivity index (χ1) is 13.3. The predicted octanol–water partition coefficient (Wildman–Crippen LogP) is 1.17. The normalized spacial score (nSPS) is 24.5. The highest BCUT2D eigenvalue weighted by molar-refractivity contribution is 5.85. The lowest BCUT2D eigenvalue weighted by Gasteiger charge is -2.29. The Balaban J connectivity index is 0.00000225. The first kappa shape index (κ1) is 20.5. The molecule has 0 saturated carbocycles. The second-order valence-corrected chi connectivity index (χ2v) is 6.97. The first-order valence-corrected chi connectivity index (χ1v) is 9.34. The zero-order chi connectivity index (χ0) is 18.6. The summed E-state index contributed by atoms with van der Waals surface area (Å²) in [7, 11) is 1.64. The van der Waals surface area contributed by atoms with Crippen LogP contribution in [0.5, 0.6) is 5.75 Å². The summed E-state index contributed by atoms with van der Waals surface area (Å²) in [6, 6.07) is 13.1. The summed E-state index contributed by atoms with van der Waals surface area (Å²) < 4.78 is 5.52. The van der Waals surface area contributed by atoms with Gasteiger partial charge < -0.3 is 15.4 Å². The van der Waals surface area contributed by atoms with E-state index in [-0.39, 0.29) is 36.3 Å². The second-order valence-electron chi connectivity index (χ2n) is 6.97. The number of para-hydroxylation sites is 1. The molecule has 4 atom stereocenters. The number of carbonyl (C=O) groups excluding carboxylic acids is 1. The minimum atomic E-state index is -0.382. The number of fused-ring (bicyclic) bond motifs is 1. The van der Waals surface area contributed by atoms with Crippen LogP contribution >= 0.6 is 12.4 Å². The average molecular weight is 404 g/mol. The largest absolute Gasteiger partial charge is 0.496 e. The lowest BCUT2D eigenvalue weighted by atomic mass is 9.88. The second kappa shape index (κ2) is 9.34. The van der Waals surface area contributed by atoms with E-state index >= 15 is 0 Å². The van der Waals surface area contributed by atoms with Gasteiger partial charge in [0, 0.05) is 30.3 Å². The summed E-state index contributed by atoms with van der Waals surface area (Å²) >= 11 is 0. The van der Waals surface area contributed by atoms with Gasteiger partial charge in [0.25, 0.3) is 0 Å². The SMILES string of the molecule is COc1ccccc1C(NC(=O)C1NNC2CCNCC21)c1ccccn1.Cl. The number of amides is 1. The highest BCUT2D eigenvalue weighted by Gasteiger charge is 2.41. The number of rotatable bonds is 5. The van der Waals surface area contributed by atoms with E-state index in [1.165, 1.54) is 0 Å². The zero-order valence-corrected chi connectivity index (χ0v) is 16.5. The molecule has 0 radical (unpaired) electrons. The van der Waals surface area contributed by atoms with Crippen molar-refractivity contribution in [1.29, 1.82) is 0 Å². The van der Waals surface area contributed by atoms with Crippen LogP contribution < -0.4 is 26.2 Å². The van der Waals surface area contributed by atoms with Gasteiger partial charge in [-0.15, -0.1) is 12.4 Å². The maximum atomic E-state index is 13.1. The molecule has 2 fully saturated rings. The number of halogens is 1. The number of nitrogens with one attached hydrogen (secondary N) is 4. The number of hydrogen-bond donors (Lipinski definition) is 4. The van der Waals surface area contributed by atoms with Crippen LogP contribution in [0.15, 0.2) is 48.7 Å². The molecule has 1 amide bonds. The Labute approximate surface area is 171 Å². The van der Waals surface area contributed by atoms with Crippen LogP contribution in [-0.4, -0.2) is 43.2 Å². The molecule has 3 heterocycles. The third-order valence-electron chi connectivity index (χ3n) is 5.38. The maximum absolute atomic E-state index is 13.1. The molecule has 28 heavy (non-hydrogen) atoms. The van der Waals surface area contributed by atoms with Crippen molar-refractivity contribution < 1.29 is 9.53 Å². The van der Waals surface area contributed by atoms with E-state index in [9.17, 15) is 4.79 Å². The summed E-state index contributed by atoms with van der Waals surface area (Å²) in [6.45, 7) is 1.80. The first-order valence-electron chi connectivity index (χ1n) is 9.34. The molecule has 4 N–H and O–H groups in total. The molecule has 0 spiro atoms. The Morgan fingerprint density at radius 1 is 1.21 bits per heavy atom. The summed E-state index contributed by atoms with van der Waals surface area (Å²) in [5, 5.41) is 6.57. The molecule has 2 saturated heterocycles. The fourth-order valence-electron chi connectivity index (χ4n) is 3.97. The zero-order valence-electron chi connectivity index (χ0n) is 15.7. The fraction of sp³-hybridized carbons (Fsp3) is 0.400. The number of ether oxygens (including phenoxy) is 1. The number of hydrazine groups is 1. The third-order valence-corrected chi connectivity index (χ3v) is 5.38. The van der Waals surface area contributed by atoms with Crippen molar-refractivity contribution >= 4 is 18.3 Å². The molecule has 0 aliphatic carbocycles. The molecule has 2 aliphatic heterocycles. The standard InChI is InChI=1S/C20H25N5O2.ClH/c1-27-17-8-3-2-6-13(17)18(16-7-4-5-10-22-16)23-20(26)19-14-12-21-11-9-15(14)24-25-19;/h2-8,10,14-15,18-19,21,24-25H,9,11-12H2,1H3,(H,23,26);1H. The third kappa shape index (κ3) is 4.12. The Morgan fingerprint density at radius 2 is 2.04 bits per heavy atom. The molecule has 150 valence electrons. The quantitative estimate of drug-likeness (QED) is 0.599. The van der Waals surface area contributed by atoms with E-state index < -0.39 is 0 Å². The molecule has 0 bridgehead atoms. The van der Waals surface area contributed by atoms with Gasteiger partial charge in [0.05, 0.1) is 12.8 Å². The molecular formula is C20H26ClN5O2. The van der Waals surface area contributed by atoms with Crippen LogP contribution in [0.3, 0.4) is 0 Å². The number of carbonyl (C=O) groups is 1. The van der Waals surface area contributed by atoms with Crippen molar-refractivity contribution in [3.63, 3.8) is 0 Å². The molecule has 4 unspecified atom stereocenters. The van der Waals surface area contributed by atoms with Crippen LogP contribution in [0.4, 0.5) is 0 Å². The van der Waals surface area contributed by atoms with E-state index in [4.69, 9.17) is 4.74 Å². The summed E-state index contributed by atoms with van der Waals surface area (Å²) in [4.78, 5) is 17.6. The van der Waals surface area contributed by atoms with Crippen molar-refractivity contribution in [2.45, 2.75) is 24.5 Å². The van der Waals surface area contributed by atoms with Crippen LogP contribution in [0.25, 0.3) is 0 Å². The highest BCUT2D eigenvalue weighted by Crippen LogP contribution is 2.29. The van der Waals surface area contributed by atoms with Gasteiger partial charge in [0.1, 0.15) is 17.8 Å². The fourth-order valence-corrected chi connectivity index (χ4v) is 3.97. The van der Waals surface area contributed by atoms with Gasteiger partial charge in [0.2, 0.25) is 5.91 Å². The highest BCUT2D eigenvalue weighted by atomic mass is 35.5. The summed E-state index contributed by atoms with van der Waals surface area (Å²) in [5.74, 6) is 0.907. The summed E-state index contributed by atoms with van der Waals surface area (Å²) in [5.41, 5.74) is 8.12. The van der Waals surface area contributed by atoms with Crippen LogP contribution in [-0.2, 0) is 4.79 Å². The van der Waals surface area contributed by atoms with Gasteiger partial charge in [-0.2, -0.15) is 0 Å². The van der Waals surface area contributed by atoms with Crippen LogP contribution in [0.1, 0.15) is 23.7 Å².